The number of anilines is 1. The molecule has 0 bridgehead atoms. The van der Waals surface area contributed by atoms with Crippen molar-refractivity contribution in [3.8, 4) is 17.0 Å². The van der Waals surface area contributed by atoms with Gasteiger partial charge in [0.2, 0.25) is 11.8 Å². The Hall–Kier alpha value is -2.71. The van der Waals surface area contributed by atoms with Gasteiger partial charge < -0.3 is 15.4 Å². The summed E-state index contributed by atoms with van der Waals surface area (Å²) in [4.78, 5) is 27.6. The largest absolute Gasteiger partial charge is 0.494 e. The van der Waals surface area contributed by atoms with Crippen LogP contribution in [0.1, 0.15) is 25.3 Å². The highest BCUT2D eigenvalue weighted by atomic mass is 79.9. The summed E-state index contributed by atoms with van der Waals surface area (Å²) < 4.78 is 6.60. The maximum absolute atomic E-state index is 12.2. The number of halogens is 1. The number of rotatable bonds is 9. The maximum atomic E-state index is 12.2. The number of thiazole rings is 1. The van der Waals surface area contributed by atoms with Crippen LogP contribution in [0.3, 0.4) is 0 Å². The molecule has 0 aliphatic heterocycles. The van der Waals surface area contributed by atoms with Crippen molar-refractivity contribution in [2.45, 2.75) is 26.3 Å². The highest BCUT2D eigenvalue weighted by Gasteiger charge is 2.08. The number of carbonyl (C=O) groups is 2. The summed E-state index contributed by atoms with van der Waals surface area (Å²) in [6.07, 6.45) is 0.979. The van der Waals surface area contributed by atoms with Crippen molar-refractivity contribution in [1.29, 1.82) is 0 Å². The summed E-state index contributed by atoms with van der Waals surface area (Å²) >= 11 is 4.79. The van der Waals surface area contributed by atoms with Gasteiger partial charge in [0.1, 0.15) is 5.75 Å². The zero-order valence-corrected chi connectivity index (χ0v) is 18.9. The molecule has 1 heterocycles. The molecule has 3 aromatic rings. The summed E-state index contributed by atoms with van der Waals surface area (Å²) in [6, 6.07) is 15.4. The molecule has 0 saturated heterocycles. The lowest BCUT2D eigenvalue weighted by atomic mass is 10.1. The molecule has 2 amide bonds. The zero-order valence-electron chi connectivity index (χ0n) is 16.5. The molecule has 6 nitrogen and oxygen atoms in total. The smallest absolute Gasteiger partial charge is 0.226 e. The van der Waals surface area contributed by atoms with Crippen LogP contribution in [0.2, 0.25) is 0 Å². The van der Waals surface area contributed by atoms with Crippen LogP contribution in [0.5, 0.6) is 5.75 Å². The molecule has 156 valence electrons. The fraction of sp³-hybridized carbons (Fsp3) is 0.227. The molecule has 0 aliphatic rings. The number of aromatic nitrogens is 1. The van der Waals surface area contributed by atoms with Crippen LogP contribution in [-0.4, -0.2) is 23.4 Å². The topological polar surface area (TPSA) is 80.3 Å². The van der Waals surface area contributed by atoms with E-state index in [-0.39, 0.29) is 11.8 Å². The molecule has 30 heavy (non-hydrogen) atoms. The van der Waals surface area contributed by atoms with Gasteiger partial charge in [-0.1, -0.05) is 46.3 Å². The Kier molecular flexibility index (Phi) is 7.98. The van der Waals surface area contributed by atoms with Crippen molar-refractivity contribution in [3.05, 3.63) is 63.9 Å². The molecule has 2 aromatic carbocycles. The van der Waals surface area contributed by atoms with Crippen LogP contribution >= 0.6 is 27.3 Å². The number of carbonyl (C=O) groups excluding carboxylic acids is 2. The Morgan fingerprint density at radius 2 is 1.97 bits per heavy atom. The van der Waals surface area contributed by atoms with Gasteiger partial charge in [-0.05, 0) is 30.2 Å². The van der Waals surface area contributed by atoms with Crippen LogP contribution in [0.4, 0.5) is 5.13 Å². The van der Waals surface area contributed by atoms with E-state index in [1.165, 1.54) is 18.3 Å². The third-order valence-corrected chi connectivity index (χ3v) is 5.41. The quantitative estimate of drug-likeness (QED) is 0.415. The minimum absolute atomic E-state index is 0.0568. The zero-order chi connectivity index (χ0) is 21.3. The first-order valence-electron chi connectivity index (χ1n) is 9.47. The normalized spacial score (nSPS) is 10.5. The lowest BCUT2D eigenvalue weighted by Crippen LogP contribution is -2.18. The Morgan fingerprint density at radius 3 is 2.70 bits per heavy atom. The number of nitrogens with zero attached hydrogens (tertiary/aromatic N) is 1. The summed E-state index contributed by atoms with van der Waals surface area (Å²) in [5.41, 5.74) is 2.78. The molecular weight excluding hydrogens is 466 g/mol. The van der Waals surface area contributed by atoms with Crippen LogP contribution in [0.25, 0.3) is 11.3 Å². The second-order valence-electron chi connectivity index (χ2n) is 6.60. The van der Waals surface area contributed by atoms with Crippen molar-refractivity contribution >= 4 is 44.2 Å². The highest BCUT2D eigenvalue weighted by Crippen LogP contribution is 2.25. The fourth-order valence-electron chi connectivity index (χ4n) is 2.64. The first kappa shape index (κ1) is 22.0. The van der Waals surface area contributed by atoms with E-state index >= 15 is 0 Å². The van der Waals surface area contributed by atoms with Gasteiger partial charge in [0.25, 0.3) is 0 Å². The van der Waals surface area contributed by atoms with Crippen molar-refractivity contribution in [3.63, 3.8) is 0 Å². The number of hydrogen-bond acceptors (Lipinski definition) is 5. The maximum Gasteiger partial charge on any atom is 0.226 e. The van der Waals surface area contributed by atoms with Crippen LogP contribution in [0, 0.1) is 0 Å². The van der Waals surface area contributed by atoms with Gasteiger partial charge in [-0.2, -0.15) is 0 Å². The number of ether oxygens (including phenoxy) is 1. The molecule has 0 spiro atoms. The fourth-order valence-corrected chi connectivity index (χ4v) is 3.76. The van der Waals surface area contributed by atoms with E-state index in [1.807, 2.05) is 53.9 Å². The Morgan fingerprint density at radius 1 is 1.17 bits per heavy atom. The van der Waals surface area contributed by atoms with E-state index in [4.69, 9.17) is 4.74 Å². The van der Waals surface area contributed by atoms with Crippen molar-refractivity contribution in [1.82, 2.24) is 10.3 Å². The van der Waals surface area contributed by atoms with E-state index in [1.54, 1.807) is 0 Å². The Balaban J connectivity index is 1.44. The van der Waals surface area contributed by atoms with Gasteiger partial charge in [-0.25, -0.2) is 4.98 Å². The van der Waals surface area contributed by atoms with E-state index < -0.39 is 0 Å². The van der Waals surface area contributed by atoms with Gasteiger partial charge in [-0.15, -0.1) is 11.3 Å². The van der Waals surface area contributed by atoms with Crippen LogP contribution in [-0.2, 0) is 16.1 Å². The molecule has 8 heteroatoms. The first-order chi connectivity index (χ1) is 14.5. The molecule has 2 N–H and O–H groups in total. The van der Waals surface area contributed by atoms with Gasteiger partial charge in [0, 0.05) is 35.3 Å². The molecule has 1 aromatic heterocycles. The van der Waals surface area contributed by atoms with Gasteiger partial charge >= 0.3 is 0 Å². The SMILES string of the molecule is CC(=O)NCc1ccc(-c2csc(NC(=O)CCCOc3cccc(Br)c3)n2)cc1. The van der Waals surface area contributed by atoms with Gasteiger partial charge in [0.05, 0.1) is 12.3 Å². The first-order valence-corrected chi connectivity index (χ1v) is 11.1. The Bertz CT molecular complexity index is 1000. The van der Waals surface area contributed by atoms with E-state index in [2.05, 4.69) is 31.5 Å². The van der Waals surface area contributed by atoms with E-state index in [0.29, 0.717) is 31.1 Å². The lowest BCUT2D eigenvalue weighted by Gasteiger charge is -2.06. The minimum Gasteiger partial charge on any atom is -0.494 e. The highest BCUT2D eigenvalue weighted by molar-refractivity contribution is 9.10. The third-order valence-electron chi connectivity index (χ3n) is 4.15. The molecule has 0 unspecified atom stereocenters. The van der Waals surface area contributed by atoms with Crippen molar-refractivity contribution < 1.29 is 14.3 Å². The molecule has 0 aliphatic carbocycles. The van der Waals surface area contributed by atoms with Crippen LogP contribution < -0.4 is 15.4 Å². The molecular formula is C22H22BrN3O3S. The average molecular weight is 488 g/mol. The van der Waals surface area contributed by atoms with Crippen molar-refractivity contribution in [2.75, 3.05) is 11.9 Å². The second kappa shape index (κ2) is 10.9. The Labute approximate surface area is 187 Å². The third kappa shape index (κ3) is 6.96. The van der Waals surface area contributed by atoms with Gasteiger partial charge in [0.15, 0.2) is 5.13 Å². The molecule has 0 saturated carbocycles. The number of benzene rings is 2. The second-order valence-corrected chi connectivity index (χ2v) is 8.38. The summed E-state index contributed by atoms with van der Waals surface area (Å²) in [5.74, 6) is 0.635. The number of amides is 2. The van der Waals surface area contributed by atoms with E-state index in [0.717, 1.165) is 27.0 Å². The average Bonchev–Trinajstić information content (AvgIpc) is 3.18. The molecule has 0 fully saturated rings. The molecule has 0 atom stereocenters. The number of nitrogens with one attached hydrogen (secondary N) is 2. The summed E-state index contributed by atoms with van der Waals surface area (Å²) in [5, 5.41) is 8.10. The van der Waals surface area contributed by atoms with Crippen LogP contribution in [0.15, 0.2) is 58.4 Å². The molecule has 0 radical (unpaired) electrons. The monoisotopic (exact) mass is 487 g/mol. The standard InChI is InChI=1S/C22H22BrN3O3S/c1-15(27)24-13-16-7-9-17(10-8-16)20-14-30-22(25-20)26-21(28)6-3-11-29-19-5-2-4-18(23)12-19/h2,4-5,7-10,12,14H,3,6,11,13H2,1H3,(H,24,27)(H,25,26,28). The molecule has 3 rings (SSSR count). The predicted octanol–water partition coefficient (Wildman–Crippen LogP) is 5.01. The summed E-state index contributed by atoms with van der Waals surface area (Å²) in [6.45, 7) is 2.46. The predicted molar refractivity (Wildman–Crippen MR) is 123 cm³/mol. The number of hydrogen-bond donors (Lipinski definition) is 2. The lowest BCUT2D eigenvalue weighted by molar-refractivity contribution is -0.119. The van der Waals surface area contributed by atoms with Gasteiger partial charge in [-0.3, -0.25) is 9.59 Å². The van der Waals surface area contributed by atoms with E-state index in [9.17, 15) is 9.59 Å². The minimum atomic E-state index is -0.0839. The summed E-state index contributed by atoms with van der Waals surface area (Å²) in [7, 11) is 0. The van der Waals surface area contributed by atoms with Crippen molar-refractivity contribution in [2.24, 2.45) is 0 Å².